The molecule has 1 fully saturated rings. The van der Waals surface area contributed by atoms with E-state index in [2.05, 4.69) is 6.92 Å². The molecule has 0 spiro atoms. The van der Waals surface area contributed by atoms with Crippen LogP contribution in [0.1, 0.15) is 25.3 Å². The Kier molecular flexibility index (Phi) is 2.06. The van der Waals surface area contributed by atoms with Crippen molar-refractivity contribution >= 4 is 6.29 Å². The van der Waals surface area contributed by atoms with E-state index in [1.165, 1.54) is 0 Å². The predicted molar refractivity (Wildman–Crippen MR) is 54.2 cm³/mol. The summed E-state index contributed by atoms with van der Waals surface area (Å²) in [6.07, 6.45) is 2.92. The first-order valence-electron chi connectivity index (χ1n) is 4.98. The van der Waals surface area contributed by atoms with Crippen molar-refractivity contribution in [3.63, 3.8) is 0 Å². The molecule has 0 aromatic heterocycles. The summed E-state index contributed by atoms with van der Waals surface area (Å²) in [5.74, 6) is 0.432. The minimum atomic E-state index is 0.0144. The van der Waals surface area contributed by atoms with Gasteiger partial charge in [0.25, 0.3) is 0 Å². The summed E-state index contributed by atoms with van der Waals surface area (Å²) in [6, 6.07) is 7.26. The van der Waals surface area contributed by atoms with E-state index in [9.17, 15) is 9.90 Å². The van der Waals surface area contributed by atoms with Gasteiger partial charge in [0.1, 0.15) is 12.0 Å². The second kappa shape index (κ2) is 3.12. The maximum absolute atomic E-state index is 10.7. The van der Waals surface area contributed by atoms with Gasteiger partial charge in [-0.25, -0.2) is 0 Å². The van der Waals surface area contributed by atoms with Crippen molar-refractivity contribution in [2.45, 2.75) is 25.2 Å². The molecule has 1 aromatic rings. The molecule has 2 atom stereocenters. The number of carbonyl (C=O) groups is 1. The largest absolute Gasteiger partial charge is 0.508 e. The van der Waals surface area contributed by atoms with E-state index < -0.39 is 0 Å². The fraction of sp³-hybridized carbons (Fsp3) is 0.417. The van der Waals surface area contributed by atoms with Gasteiger partial charge in [0.15, 0.2) is 0 Å². The van der Waals surface area contributed by atoms with Crippen molar-refractivity contribution in [1.82, 2.24) is 0 Å². The number of hydrogen-bond acceptors (Lipinski definition) is 2. The topological polar surface area (TPSA) is 37.3 Å². The molecule has 74 valence electrons. The standard InChI is InChI=1S/C12H14O2/c1-2-12(7-10(12)8-13)9-4-3-5-11(14)6-9/h3-6,8,10,14H,2,7H2,1H3. The average Bonchev–Trinajstić information content (AvgIpc) is 2.93. The van der Waals surface area contributed by atoms with Crippen LogP contribution >= 0.6 is 0 Å². The van der Waals surface area contributed by atoms with Gasteiger partial charge in [0.05, 0.1) is 0 Å². The Balaban J connectivity index is 2.34. The van der Waals surface area contributed by atoms with E-state index in [0.717, 1.165) is 24.7 Å². The molecule has 1 aliphatic rings. The molecule has 0 radical (unpaired) electrons. The summed E-state index contributed by atoms with van der Waals surface area (Å²) in [7, 11) is 0. The van der Waals surface area contributed by atoms with Gasteiger partial charge in [-0.15, -0.1) is 0 Å². The molecule has 1 N–H and O–H groups in total. The van der Waals surface area contributed by atoms with Crippen molar-refractivity contribution in [2.24, 2.45) is 5.92 Å². The molecule has 1 aromatic carbocycles. The minimum Gasteiger partial charge on any atom is -0.508 e. The summed E-state index contributed by atoms with van der Waals surface area (Å²) in [5.41, 5.74) is 1.11. The van der Waals surface area contributed by atoms with Gasteiger partial charge in [-0.2, -0.15) is 0 Å². The van der Waals surface area contributed by atoms with Crippen molar-refractivity contribution in [1.29, 1.82) is 0 Å². The van der Waals surface area contributed by atoms with Crippen LogP contribution in [0.4, 0.5) is 0 Å². The Morgan fingerprint density at radius 2 is 2.43 bits per heavy atom. The number of hydrogen-bond donors (Lipinski definition) is 1. The highest BCUT2D eigenvalue weighted by Gasteiger charge is 2.53. The van der Waals surface area contributed by atoms with Gasteiger partial charge in [-0.05, 0) is 30.5 Å². The Hall–Kier alpha value is -1.31. The SMILES string of the molecule is CCC1(c2cccc(O)c2)CC1C=O. The Bertz CT molecular complexity index is 359. The van der Waals surface area contributed by atoms with Gasteiger partial charge in [0, 0.05) is 11.3 Å². The zero-order valence-electron chi connectivity index (χ0n) is 8.23. The van der Waals surface area contributed by atoms with Gasteiger partial charge >= 0.3 is 0 Å². The maximum atomic E-state index is 10.7. The smallest absolute Gasteiger partial charge is 0.123 e. The van der Waals surface area contributed by atoms with Crippen molar-refractivity contribution in [3.05, 3.63) is 29.8 Å². The zero-order valence-corrected chi connectivity index (χ0v) is 8.23. The second-order valence-corrected chi connectivity index (χ2v) is 4.01. The maximum Gasteiger partial charge on any atom is 0.123 e. The fourth-order valence-corrected chi connectivity index (χ4v) is 2.27. The molecule has 0 amide bonds. The first-order valence-corrected chi connectivity index (χ1v) is 4.98. The summed E-state index contributed by atoms with van der Waals surface area (Å²) < 4.78 is 0. The normalized spacial score (nSPS) is 29.9. The molecule has 0 saturated heterocycles. The zero-order chi connectivity index (χ0) is 10.2. The van der Waals surface area contributed by atoms with E-state index in [1.807, 2.05) is 12.1 Å². The average molecular weight is 190 g/mol. The fourth-order valence-electron chi connectivity index (χ4n) is 2.27. The number of phenols is 1. The highest BCUT2D eigenvalue weighted by Crippen LogP contribution is 2.55. The number of aldehydes is 1. The first-order chi connectivity index (χ1) is 6.73. The van der Waals surface area contributed by atoms with Crippen molar-refractivity contribution < 1.29 is 9.90 Å². The highest BCUT2D eigenvalue weighted by molar-refractivity contribution is 5.64. The lowest BCUT2D eigenvalue weighted by Gasteiger charge is -2.13. The molecule has 1 saturated carbocycles. The van der Waals surface area contributed by atoms with Crippen molar-refractivity contribution in [2.75, 3.05) is 0 Å². The van der Waals surface area contributed by atoms with Crippen LogP contribution < -0.4 is 0 Å². The molecule has 2 nitrogen and oxygen atoms in total. The summed E-state index contributed by atoms with van der Waals surface area (Å²) in [4.78, 5) is 10.7. The molecule has 2 heteroatoms. The molecule has 14 heavy (non-hydrogen) atoms. The minimum absolute atomic E-state index is 0.0144. The van der Waals surface area contributed by atoms with E-state index >= 15 is 0 Å². The molecule has 2 unspecified atom stereocenters. The van der Waals surface area contributed by atoms with Crippen LogP contribution in [0, 0.1) is 5.92 Å². The Morgan fingerprint density at radius 3 is 2.93 bits per heavy atom. The van der Waals surface area contributed by atoms with E-state index in [-0.39, 0.29) is 17.1 Å². The lowest BCUT2D eigenvalue weighted by atomic mass is 9.91. The lowest BCUT2D eigenvalue weighted by Crippen LogP contribution is -2.08. The number of benzene rings is 1. The van der Waals surface area contributed by atoms with Gasteiger partial charge in [-0.3, -0.25) is 0 Å². The molecule has 2 rings (SSSR count). The molecule has 0 aliphatic heterocycles. The van der Waals surface area contributed by atoms with Crippen LogP contribution in [-0.2, 0) is 10.2 Å². The first kappa shape index (κ1) is 9.25. The predicted octanol–water partition coefficient (Wildman–Crippen LogP) is 2.26. The van der Waals surface area contributed by atoms with Crippen LogP contribution in [0.25, 0.3) is 0 Å². The molecule has 0 bridgehead atoms. The van der Waals surface area contributed by atoms with Crippen LogP contribution in [0.5, 0.6) is 5.75 Å². The van der Waals surface area contributed by atoms with E-state index in [0.29, 0.717) is 0 Å². The molecule has 0 heterocycles. The van der Waals surface area contributed by atoms with Gasteiger partial charge in [0.2, 0.25) is 0 Å². The summed E-state index contributed by atoms with van der Waals surface area (Å²) in [6.45, 7) is 2.09. The lowest BCUT2D eigenvalue weighted by molar-refractivity contribution is -0.109. The number of aromatic hydroxyl groups is 1. The third-order valence-electron chi connectivity index (χ3n) is 3.35. The monoisotopic (exact) mass is 190 g/mol. The number of phenolic OH excluding ortho intramolecular Hbond substituents is 1. The van der Waals surface area contributed by atoms with Crippen LogP contribution in [-0.4, -0.2) is 11.4 Å². The third-order valence-corrected chi connectivity index (χ3v) is 3.35. The Labute approximate surface area is 83.6 Å². The van der Waals surface area contributed by atoms with E-state index in [1.54, 1.807) is 12.1 Å². The van der Waals surface area contributed by atoms with Crippen LogP contribution in [0.3, 0.4) is 0 Å². The third kappa shape index (κ3) is 1.22. The van der Waals surface area contributed by atoms with Gasteiger partial charge < -0.3 is 9.90 Å². The van der Waals surface area contributed by atoms with Crippen molar-refractivity contribution in [3.8, 4) is 5.75 Å². The quantitative estimate of drug-likeness (QED) is 0.742. The molecular weight excluding hydrogens is 176 g/mol. The second-order valence-electron chi connectivity index (χ2n) is 4.01. The molecular formula is C12H14O2. The Morgan fingerprint density at radius 1 is 1.64 bits per heavy atom. The van der Waals surface area contributed by atoms with E-state index in [4.69, 9.17) is 0 Å². The summed E-state index contributed by atoms with van der Waals surface area (Å²) in [5, 5.41) is 9.37. The number of rotatable bonds is 3. The van der Waals surface area contributed by atoms with Crippen LogP contribution in [0.15, 0.2) is 24.3 Å². The number of carbonyl (C=O) groups excluding carboxylic acids is 1. The molecule has 1 aliphatic carbocycles. The highest BCUT2D eigenvalue weighted by atomic mass is 16.3. The summed E-state index contributed by atoms with van der Waals surface area (Å²) >= 11 is 0. The van der Waals surface area contributed by atoms with Crippen LogP contribution in [0.2, 0.25) is 0 Å². The van der Waals surface area contributed by atoms with Gasteiger partial charge in [-0.1, -0.05) is 19.1 Å².